The zero-order chi connectivity index (χ0) is 16.4. The summed E-state index contributed by atoms with van der Waals surface area (Å²) in [4.78, 5) is 11.7. The van der Waals surface area contributed by atoms with Gasteiger partial charge in [-0.05, 0) is 42.7 Å². The van der Waals surface area contributed by atoms with Crippen LogP contribution in [0.5, 0.6) is 5.75 Å². The van der Waals surface area contributed by atoms with E-state index in [4.69, 9.17) is 9.15 Å². The van der Waals surface area contributed by atoms with Crippen molar-refractivity contribution >= 4 is 26.9 Å². The molecule has 23 heavy (non-hydrogen) atoms. The standard InChI is InChI=1S/C19H17BrO3/c1-3-13-10-18(21)23-17-9-12(2)8-16(19(13)17)22-11-14-6-4-5-7-15(14)20/h4-10H,3,11H2,1-2H3. The van der Waals surface area contributed by atoms with Crippen LogP contribution in [0, 0.1) is 6.92 Å². The molecule has 0 atom stereocenters. The van der Waals surface area contributed by atoms with Crippen molar-refractivity contribution < 1.29 is 9.15 Å². The Hall–Kier alpha value is -2.07. The highest BCUT2D eigenvalue weighted by Crippen LogP contribution is 2.31. The Bertz CT molecular complexity index is 912. The van der Waals surface area contributed by atoms with Gasteiger partial charge in [-0.2, -0.15) is 0 Å². The first-order chi connectivity index (χ1) is 11.1. The molecule has 0 aliphatic heterocycles. The van der Waals surface area contributed by atoms with Crippen LogP contribution in [0.1, 0.15) is 23.6 Å². The van der Waals surface area contributed by atoms with E-state index in [1.165, 1.54) is 0 Å². The van der Waals surface area contributed by atoms with Crippen LogP contribution in [0.25, 0.3) is 11.0 Å². The molecule has 3 aromatic rings. The van der Waals surface area contributed by atoms with Gasteiger partial charge < -0.3 is 9.15 Å². The van der Waals surface area contributed by atoms with Gasteiger partial charge in [0.15, 0.2) is 0 Å². The zero-order valence-corrected chi connectivity index (χ0v) is 14.6. The Morgan fingerprint density at radius 2 is 1.91 bits per heavy atom. The van der Waals surface area contributed by atoms with Gasteiger partial charge in [0.25, 0.3) is 0 Å². The van der Waals surface area contributed by atoms with Crippen molar-refractivity contribution in [3.05, 3.63) is 74.0 Å². The highest BCUT2D eigenvalue weighted by molar-refractivity contribution is 9.10. The molecule has 0 radical (unpaired) electrons. The van der Waals surface area contributed by atoms with Crippen LogP contribution in [0.4, 0.5) is 0 Å². The summed E-state index contributed by atoms with van der Waals surface area (Å²) in [5.74, 6) is 0.747. The first-order valence-corrected chi connectivity index (χ1v) is 8.31. The molecule has 0 N–H and O–H groups in total. The van der Waals surface area contributed by atoms with Crippen LogP contribution in [0.3, 0.4) is 0 Å². The van der Waals surface area contributed by atoms with Gasteiger partial charge in [0.2, 0.25) is 0 Å². The number of halogens is 1. The van der Waals surface area contributed by atoms with Crippen LogP contribution in [0.15, 0.2) is 56.1 Å². The molecule has 1 aromatic heterocycles. The van der Waals surface area contributed by atoms with Gasteiger partial charge >= 0.3 is 5.63 Å². The van der Waals surface area contributed by atoms with E-state index in [-0.39, 0.29) is 5.63 Å². The molecule has 2 aromatic carbocycles. The van der Waals surface area contributed by atoms with Gasteiger partial charge in [0, 0.05) is 16.1 Å². The van der Waals surface area contributed by atoms with E-state index in [0.717, 1.165) is 38.7 Å². The SMILES string of the molecule is CCc1cc(=O)oc2cc(C)cc(OCc3ccccc3Br)c12. The van der Waals surface area contributed by atoms with Gasteiger partial charge in [-0.15, -0.1) is 0 Å². The maximum atomic E-state index is 11.7. The summed E-state index contributed by atoms with van der Waals surface area (Å²) in [6, 6.07) is 13.4. The third-order valence-corrected chi connectivity index (χ3v) is 4.53. The zero-order valence-electron chi connectivity index (χ0n) is 13.1. The van der Waals surface area contributed by atoms with Gasteiger partial charge in [0.1, 0.15) is 17.9 Å². The monoisotopic (exact) mass is 372 g/mol. The molecular weight excluding hydrogens is 356 g/mol. The van der Waals surface area contributed by atoms with Crippen LogP contribution < -0.4 is 10.4 Å². The quantitative estimate of drug-likeness (QED) is 0.604. The molecule has 0 aliphatic carbocycles. The van der Waals surface area contributed by atoms with Crippen molar-refractivity contribution in [1.82, 2.24) is 0 Å². The van der Waals surface area contributed by atoms with E-state index >= 15 is 0 Å². The Morgan fingerprint density at radius 3 is 2.65 bits per heavy atom. The van der Waals surface area contributed by atoms with Gasteiger partial charge in [0.05, 0.1) is 5.39 Å². The minimum atomic E-state index is -0.322. The maximum absolute atomic E-state index is 11.7. The van der Waals surface area contributed by atoms with Gasteiger partial charge in [-0.1, -0.05) is 41.1 Å². The van der Waals surface area contributed by atoms with Crippen molar-refractivity contribution in [3.8, 4) is 5.75 Å². The summed E-state index contributed by atoms with van der Waals surface area (Å²) < 4.78 is 12.4. The second kappa shape index (κ2) is 6.59. The average molecular weight is 373 g/mol. The number of aryl methyl sites for hydroxylation is 2. The lowest BCUT2D eigenvalue weighted by Gasteiger charge is -2.13. The maximum Gasteiger partial charge on any atom is 0.336 e. The van der Waals surface area contributed by atoms with E-state index in [9.17, 15) is 4.79 Å². The van der Waals surface area contributed by atoms with E-state index < -0.39 is 0 Å². The van der Waals surface area contributed by atoms with Crippen molar-refractivity contribution in [2.45, 2.75) is 26.9 Å². The Morgan fingerprint density at radius 1 is 1.13 bits per heavy atom. The van der Waals surface area contributed by atoms with Crippen LogP contribution in [-0.2, 0) is 13.0 Å². The Kier molecular flexibility index (Phi) is 4.53. The van der Waals surface area contributed by atoms with Crippen molar-refractivity contribution in [1.29, 1.82) is 0 Å². The molecule has 4 heteroatoms. The highest BCUT2D eigenvalue weighted by atomic mass is 79.9. The van der Waals surface area contributed by atoms with Crippen molar-refractivity contribution in [2.75, 3.05) is 0 Å². The van der Waals surface area contributed by atoms with Crippen LogP contribution >= 0.6 is 15.9 Å². The van der Waals surface area contributed by atoms with E-state index in [0.29, 0.717) is 12.2 Å². The lowest BCUT2D eigenvalue weighted by molar-refractivity contribution is 0.308. The highest BCUT2D eigenvalue weighted by Gasteiger charge is 2.12. The van der Waals surface area contributed by atoms with Crippen molar-refractivity contribution in [3.63, 3.8) is 0 Å². The molecule has 0 saturated heterocycles. The smallest absolute Gasteiger partial charge is 0.336 e. The summed E-state index contributed by atoms with van der Waals surface area (Å²) >= 11 is 3.53. The fourth-order valence-corrected chi connectivity index (χ4v) is 3.03. The third-order valence-electron chi connectivity index (χ3n) is 3.76. The lowest BCUT2D eigenvalue weighted by Crippen LogP contribution is -2.03. The summed E-state index contributed by atoms with van der Waals surface area (Å²) in [7, 11) is 0. The molecule has 3 rings (SSSR count). The number of fused-ring (bicyclic) bond motifs is 1. The minimum Gasteiger partial charge on any atom is -0.488 e. The molecule has 0 spiro atoms. The van der Waals surface area contributed by atoms with E-state index in [2.05, 4.69) is 15.9 Å². The molecule has 0 fully saturated rings. The summed E-state index contributed by atoms with van der Waals surface area (Å²) in [6.45, 7) is 4.43. The number of hydrogen-bond acceptors (Lipinski definition) is 3. The topological polar surface area (TPSA) is 39.4 Å². The molecule has 118 valence electrons. The number of hydrogen-bond donors (Lipinski definition) is 0. The fraction of sp³-hybridized carbons (Fsp3) is 0.211. The van der Waals surface area contributed by atoms with Gasteiger partial charge in [-0.25, -0.2) is 4.79 Å². The number of ether oxygens (including phenoxy) is 1. The molecule has 0 bridgehead atoms. The first-order valence-electron chi connectivity index (χ1n) is 7.52. The van der Waals surface area contributed by atoms with Gasteiger partial charge in [-0.3, -0.25) is 0 Å². The largest absolute Gasteiger partial charge is 0.488 e. The molecule has 3 nitrogen and oxygen atoms in total. The van der Waals surface area contributed by atoms with Crippen molar-refractivity contribution in [2.24, 2.45) is 0 Å². The Balaban J connectivity index is 2.06. The fourth-order valence-electron chi connectivity index (χ4n) is 2.63. The normalized spacial score (nSPS) is 10.9. The first kappa shape index (κ1) is 15.8. The van der Waals surface area contributed by atoms with E-state index in [1.807, 2.05) is 50.2 Å². The molecule has 0 saturated carbocycles. The second-order valence-corrected chi connectivity index (χ2v) is 6.31. The molecule has 0 unspecified atom stereocenters. The minimum absolute atomic E-state index is 0.322. The molecule has 1 heterocycles. The molecule has 0 aliphatic rings. The second-order valence-electron chi connectivity index (χ2n) is 5.46. The summed E-state index contributed by atoms with van der Waals surface area (Å²) in [6.07, 6.45) is 0.747. The molecule has 0 amide bonds. The van der Waals surface area contributed by atoms with Crippen LogP contribution in [0.2, 0.25) is 0 Å². The van der Waals surface area contributed by atoms with Crippen LogP contribution in [-0.4, -0.2) is 0 Å². The number of benzene rings is 2. The predicted molar refractivity (Wildman–Crippen MR) is 95.1 cm³/mol. The predicted octanol–water partition coefficient (Wildman–Crippen LogP) is 5.01. The lowest BCUT2D eigenvalue weighted by atomic mass is 10.0. The third kappa shape index (κ3) is 3.32. The molecular formula is C19H17BrO3. The van der Waals surface area contributed by atoms with E-state index in [1.54, 1.807) is 6.07 Å². The number of rotatable bonds is 4. The Labute approximate surface area is 143 Å². The average Bonchev–Trinajstić information content (AvgIpc) is 2.52. The summed E-state index contributed by atoms with van der Waals surface area (Å²) in [5.41, 5.74) is 3.26. The summed E-state index contributed by atoms with van der Waals surface area (Å²) in [5, 5.41) is 0.879.